The van der Waals surface area contributed by atoms with Crippen molar-refractivity contribution in [1.82, 2.24) is 4.98 Å². The minimum absolute atomic E-state index is 0.207. The molecule has 0 amide bonds. The predicted octanol–water partition coefficient (Wildman–Crippen LogP) is 4.99. The van der Waals surface area contributed by atoms with Gasteiger partial charge in [-0.1, -0.05) is 12.1 Å². The zero-order chi connectivity index (χ0) is 18.6. The molecule has 2 heterocycles. The van der Waals surface area contributed by atoms with Gasteiger partial charge in [0.15, 0.2) is 0 Å². The maximum absolute atomic E-state index is 13.8. The van der Waals surface area contributed by atoms with Gasteiger partial charge in [0.2, 0.25) is 0 Å². The minimum Gasteiger partial charge on any atom is -0.381 e. The van der Waals surface area contributed by atoms with Gasteiger partial charge in [-0.05, 0) is 60.2 Å². The van der Waals surface area contributed by atoms with Crippen LogP contribution in [0.15, 0.2) is 71.9 Å². The second-order valence-electron chi connectivity index (χ2n) is 6.25. The van der Waals surface area contributed by atoms with Gasteiger partial charge in [0.05, 0.1) is 18.0 Å². The molecule has 1 aliphatic heterocycles. The highest BCUT2D eigenvalue weighted by molar-refractivity contribution is 6.13. The fourth-order valence-corrected chi connectivity index (χ4v) is 2.98. The zero-order valence-electron chi connectivity index (χ0n) is 14.5. The Morgan fingerprint density at radius 1 is 1.00 bits per heavy atom. The van der Waals surface area contributed by atoms with Crippen molar-refractivity contribution in [3.05, 3.63) is 101 Å². The highest BCUT2D eigenvalue weighted by atomic mass is 19.1. The Kier molecular flexibility index (Phi) is 4.75. The Morgan fingerprint density at radius 2 is 1.93 bits per heavy atom. The maximum Gasteiger partial charge on any atom is 0.128 e. The van der Waals surface area contributed by atoms with E-state index in [-0.39, 0.29) is 6.54 Å². The van der Waals surface area contributed by atoms with Crippen LogP contribution in [0.2, 0.25) is 0 Å². The number of hydrogen-bond donors (Lipinski definition) is 1. The number of anilines is 1. The molecule has 0 saturated heterocycles. The lowest BCUT2D eigenvalue weighted by atomic mass is 10.0. The zero-order valence-corrected chi connectivity index (χ0v) is 14.5. The molecule has 4 rings (SSSR count). The molecule has 1 aliphatic rings. The molecule has 0 bridgehead atoms. The number of allylic oxidation sites excluding steroid dienone is 1. The Bertz CT molecular complexity index is 1030. The lowest BCUT2D eigenvalue weighted by Gasteiger charge is -2.10. The van der Waals surface area contributed by atoms with Gasteiger partial charge in [-0.15, -0.1) is 0 Å². The van der Waals surface area contributed by atoms with Crippen molar-refractivity contribution < 1.29 is 8.78 Å². The van der Waals surface area contributed by atoms with E-state index in [1.54, 1.807) is 6.20 Å². The SMILES string of the molecule is Fc1ccc(F)c(CNc2ccc3c(c2)C(/C=C/c2ccccn2)=NC3)c1. The number of rotatable bonds is 5. The van der Waals surface area contributed by atoms with Crippen LogP contribution in [0.1, 0.15) is 22.4 Å². The standard InChI is InChI=1S/C22H17F2N3/c23-17-5-8-21(24)16(11-17)14-26-19-6-4-15-13-27-22(20(15)12-19)9-7-18-3-1-2-10-25-18/h1-12,26H,13-14H2/b9-7+. The Labute approximate surface area is 156 Å². The Morgan fingerprint density at radius 3 is 2.78 bits per heavy atom. The van der Waals surface area contributed by atoms with E-state index in [2.05, 4.69) is 15.3 Å². The summed E-state index contributed by atoms with van der Waals surface area (Å²) in [5, 5.41) is 3.15. The van der Waals surface area contributed by atoms with Crippen LogP contribution in [-0.2, 0) is 13.1 Å². The fourth-order valence-electron chi connectivity index (χ4n) is 2.98. The molecule has 0 unspecified atom stereocenters. The number of pyridine rings is 1. The van der Waals surface area contributed by atoms with Gasteiger partial charge >= 0.3 is 0 Å². The largest absolute Gasteiger partial charge is 0.381 e. The van der Waals surface area contributed by atoms with E-state index in [1.807, 2.05) is 48.6 Å². The van der Waals surface area contributed by atoms with Crippen molar-refractivity contribution in [2.24, 2.45) is 4.99 Å². The number of benzene rings is 2. The van der Waals surface area contributed by atoms with Gasteiger partial charge in [0.1, 0.15) is 11.6 Å². The van der Waals surface area contributed by atoms with Gasteiger partial charge in [0, 0.05) is 29.6 Å². The van der Waals surface area contributed by atoms with Gasteiger partial charge in [-0.2, -0.15) is 0 Å². The maximum atomic E-state index is 13.8. The average Bonchev–Trinajstić information content (AvgIpc) is 3.10. The molecular formula is C22H17F2N3. The van der Waals surface area contributed by atoms with Crippen LogP contribution in [0.3, 0.4) is 0 Å². The van der Waals surface area contributed by atoms with Crippen LogP contribution < -0.4 is 5.32 Å². The lowest BCUT2D eigenvalue weighted by Crippen LogP contribution is -2.04. The first kappa shape index (κ1) is 17.1. The number of nitrogens with zero attached hydrogens (tertiary/aromatic N) is 2. The molecule has 0 aliphatic carbocycles. The molecule has 27 heavy (non-hydrogen) atoms. The summed E-state index contributed by atoms with van der Waals surface area (Å²) >= 11 is 0. The van der Waals surface area contributed by atoms with E-state index in [1.165, 1.54) is 6.07 Å². The third-order valence-electron chi connectivity index (χ3n) is 4.40. The summed E-state index contributed by atoms with van der Waals surface area (Å²) in [6.45, 7) is 0.842. The number of nitrogens with one attached hydrogen (secondary N) is 1. The van der Waals surface area contributed by atoms with Crippen LogP contribution in [0, 0.1) is 11.6 Å². The van der Waals surface area contributed by atoms with E-state index >= 15 is 0 Å². The minimum atomic E-state index is -0.448. The van der Waals surface area contributed by atoms with E-state index < -0.39 is 11.6 Å². The summed E-state index contributed by atoms with van der Waals surface area (Å²) in [5.74, 6) is -0.873. The van der Waals surface area contributed by atoms with Crippen molar-refractivity contribution in [3.63, 3.8) is 0 Å². The van der Waals surface area contributed by atoms with Crippen LogP contribution in [0.25, 0.3) is 6.08 Å². The monoisotopic (exact) mass is 361 g/mol. The third kappa shape index (κ3) is 3.92. The van der Waals surface area contributed by atoms with Gasteiger partial charge < -0.3 is 5.32 Å². The topological polar surface area (TPSA) is 37.3 Å². The summed E-state index contributed by atoms with van der Waals surface area (Å²) in [6.07, 6.45) is 5.62. The summed E-state index contributed by atoms with van der Waals surface area (Å²) in [5.41, 5.74) is 5.04. The van der Waals surface area contributed by atoms with Gasteiger partial charge in [-0.3, -0.25) is 9.98 Å². The second kappa shape index (κ2) is 7.50. The van der Waals surface area contributed by atoms with Crippen LogP contribution >= 0.6 is 0 Å². The van der Waals surface area contributed by atoms with E-state index in [4.69, 9.17) is 0 Å². The lowest BCUT2D eigenvalue weighted by molar-refractivity contribution is 0.587. The van der Waals surface area contributed by atoms with Crippen molar-refractivity contribution in [2.45, 2.75) is 13.1 Å². The highest BCUT2D eigenvalue weighted by Crippen LogP contribution is 2.24. The van der Waals surface area contributed by atoms with E-state index in [9.17, 15) is 8.78 Å². The molecule has 1 N–H and O–H groups in total. The molecule has 1 aromatic heterocycles. The van der Waals surface area contributed by atoms with Crippen molar-refractivity contribution in [3.8, 4) is 0 Å². The molecule has 0 spiro atoms. The highest BCUT2D eigenvalue weighted by Gasteiger charge is 2.14. The molecule has 0 fully saturated rings. The molecule has 134 valence electrons. The van der Waals surface area contributed by atoms with E-state index in [0.29, 0.717) is 12.1 Å². The molecule has 3 nitrogen and oxygen atoms in total. The Hall–Kier alpha value is -3.34. The summed E-state index contributed by atoms with van der Waals surface area (Å²) < 4.78 is 27.1. The van der Waals surface area contributed by atoms with Gasteiger partial charge in [-0.25, -0.2) is 8.78 Å². The molecule has 0 saturated carbocycles. The first-order chi connectivity index (χ1) is 13.2. The molecule has 0 radical (unpaired) electrons. The number of fused-ring (bicyclic) bond motifs is 1. The summed E-state index contributed by atoms with van der Waals surface area (Å²) in [6, 6.07) is 15.1. The first-order valence-electron chi connectivity index (χ1n) is 8.64. The second-order valence-corrected chi connectivity index (χ2v) is 6.25. The molecule has 5 heteroatoms. The molecule has 2 aromatic carbocycles. The average molecular weight is 361 g/mol. The summed E-state index contributed by atoms with van der Waals surface area (Å²) in [4.78, 5) is 8.84. The predicted molar refractivity (Wildman–Crippen MR) is 104 cm³/mol. The first-order valence-corrected chi connectivity index (χ1v) is 8.64. The normalized spacial score (nSPS) is 12.9. The number of aromatic nitrogens is 1. The van der Waals surface area contributed by atoms with Crippen molar-refractivity contribution in [2.75, 3.05) is 5.32 Å². The van der Waals surface area contributed by atoms with Crippen LogP contribution in [0.4, 0.5) is 14.5 Å². The number of aliphatic imine (C=N–C) groups is 1. The fraction of sp³-hybridized carbons (Fsp3) is 0.0909. The van der Waals surface area contributed by atoms with Crippen LogP contribution in [-0.4, -0.2) is 10.7 Å². The van der Waals surface area contributed by atoms with Crippen molar-refractivity contribution >= 4 is 17.5 Å². The number of halogens is 2. The van der Waals surface area contributed by atoms with Crippen LogP contribution in [0.5, 0.6) is 0 Å². The number of hydrogen-bond acceptors (Lipinski definition) is 3. The third-order valence-corrected chi connectivity index (χ3v) is 4.40. The Balaban J connectivity index is 1.51. The molecular weight excluding hydrogens is 344 g/mol. The molecule has 3 aromatic rings. The molecule has 0 atom stereocenters. The smallest absolute Gasteiger partial charge is 0.128 e. The summed E-state index contributed by atoms with van der Waals surface area (Å²) in [7, 11) is 0. The quantitative estimate of drug-likeness (QED) is 0.695. The van der Waals surface area contributed by atoms with Gasteiger partial charge in [0.25, 0.3) is 0 Å². The van der Waals surface area contributed by atoms with Crippen molar-refractivity contribution in [1.29, 1.82) is 0 Å². The van der Waals surface area contributed by atoms with E-state index in [0.717, 1.165) is 40.4 Å².